The van der Waals surface area contributed by atoms with Crippen LogP contribution in [0, 0.1) is 12.8 Å². The summed E-state index contributed by atoms with van der Waals surface area (Å²) in [5, 5.41) is 0.292. The van der Waals surface area contributed by atoms with Crippen LogP contribution in [0.15, 0.2) is 4.21 Å². The molecule has 3 N–H and O–H groups in total. The molecule has 2 rings (SSSR count). The Morgan fingerprint density at radius 2 is 2.25 bits per heavy atom. The lowest BCUT2D eigenvalue weighted by atomic mass is 10.3. The second kappa shape index (κ2) is 4.31. The number of thiazole rings is 1. The van der Waals surface area contributed by atoms with Crippen molar-refractivity contribution in [3.63, 3.8) is 0 Å². The highest BCUT2D eigenvalue weighted by molar-refractivity contribution is 7.91. The largest absolute Gasteiger partial charge is 0.375 e. The molecule has 0 amide bonds. The van der Waals surface area contributed by atoms with E-state index in [0.29, 0.717) is 17.4 Å². The molecule has 1 saturated carbocycles. The number of aryl methyl sites for hydroxylation is 1. The minimum atomic E-state index is -3.41. The van der Waals surface area contributed by atoms with Gasteiger partial charge in [-0.2, -0.15) is 0 Å². The fraction of sp³-hybridized carbons (Fsp3) is 0.667. The second-order valence-corrected chi connectivity index (χ2v) is 7.05. The minimum Gasteiger partial charge on any atom is -0.375 e. The molecule has 7 heteroatoms. The van der Waals surface area contributed by atoms with E-state index in [1.54, 1.807) is 6.92 Å². The van der Waals surface area contributed by atoms with Crippen molar-refractivity contribution >= 4 is 26.5 Å². The smallest absolute Gasteiger partial charge is 0.252 e. The summed E-state index contributed by atoms with van der Waals surface area (Å²) in [6, 6.07) is 0. The van der Waals surface area contributed by atoms with Crippen LogP contribution >= 0.6 is 11.3 Å². The molecule has 0 saturated heterocycles. The molecule has 0 aliphatic heterocycles. The van der Waals surface area contributed by atoms with E-state index in [4.69, 9.17) is 5.73 Å². The number of hydrogen-bond acceptors (Lipinski definition) is 5. The molecule has 0 spiro atoms. The van der Waals surface area contributed by atoms with Crippen LogP contribution < -0.4 is 10.5 Å². The molecule has 0 unspecified atom stereocenters. The number of sulfonamides is 1. The van der Waals surface area contributed by atoms with Crippen LogP contribution in [0.1, 0.15) is 25.0 Å². The maximum atomic E-state index is 11.9. The molecule has 0 radical (unpaired) electrons. The molecule has 1 aliphatic rings. The molecular formula is C9H15N3O2S2. The second-order valence-electron chi connectivity index (χ2n) is 4.05. The summed E-state index contributed by atoms with van der Waals surface area (Å²) in [6.07, 6.45) is 3.38. The third-order valence-electron chi connectivity index (χ3n) is 2.56. The fourth-order valence-corrected chi connectivity index (χ4v) is 3.91. The number of aromatic nitrogens is 1. The summed E-state index contributed by atoms with van der Waals surface area (Å²) in [6.45, 7) is 2.16. The Balaban J connectivity index is 2.02. The van der Waals surface area contributed by atoms with Gasteiger partial charge in [0.05, 0.1) is 5.69 Å². The Morgan fingerprint density at radius 3 is 2.75 bits per heavy atom. The van der Waals surface area contributed by atoms with Gasteiger partial charge in [-0.1, -0.05) is 24.2 Å². The van der Waals surface area contributed by atoms with Crippen molar-refractivity contribution in [1.82, 2.24) is 9.71 Å². The Bertz CT molecular complexity index is 477. The van der Waals surface area contributed by atoms with Crippen LogP contribution in [0.3, 0.4) is 0 Å². The Kier molecular flexibility index (Phi) is 3.18. The Hall–Kier alpha value is -0.660. The molecule has 16 heavy (non-hydrogen) atoms. The average molecular weight is 261 g/mol. The monoisotopic (exact) mass is 261 g/mol. The Labute approximate surface area is 99.1 Å². The van der Waals surface area contributed by atoms with Gasteiger partial charge in [-0.05, 0) is 19.3 Å². The van der Waals surface area contributed by atoms with Crippen molar-refractivity contribution < 1.29 is 8.42 Å². The number of nitrogens with zero attached hydrogens (tertiary/aromatic N) is 1. The van der Waals surface area contributed by atoms with Gasteiger partial charge in [0.25, 0.3) is 10.0 Å². The van der Waals surface area contributed by atoms with Gasteiger partial charge in [0.2, 0.25) is 0 Å². The number of nitrogens with two attached hydrogens (primary N) is 1. The normalized spacial score (nSPS) is 16.6. The summed E-state index contributed by atoms with van der Waals surface area (Å²) >= 11 is 1.01. The lowest BCUT2D eigenvalue weighted by molar-refractivity contribution is 0.576. The molecule has 1 heterocycles. The first-order chi connectivity index (χ1) is 7.49. The maximum Gasteiger partial charge on any atom is 0.252 e. The zero-order chi connectivity index (χ0) is 11.8. The first-order valence-electron chi connectivity index (χ1n) is 5.21. The van der Waals surface area contributed by atoms with E-state index >= 15 is 0 Å². The highest BCUT2D eigenvalue weighted by Gasteiger charge is 2.24. The molecule has 1 aliphatic carbocycles. The molecule has 0 bridgehead atoms. The van der Waals surface area contributed by atoms with E-state index in [0.717, 1.165) is 23.7 Å². The third-order valence-corrected chi connectivity index (χ3v) is 5.61. The zero-order valence-electron chi connectivity index (χ0n) is 9.06. The summed E-state index contributed by atoms with van der Waals surface area (Å²) in [7, 11) is -3.41. The molecule has 0 aromatic carbocycles. The van der Waals surface area contributed by atoms with E-state index in [2.05, 4.69) is 9.71 Å². The van der Waals surface area contributed by atoms with Gasteiger partial charge in [-0.3, -0.25) is 0 Å². The van der Waals surface area contributed by atoms with E-state index in [9.17, 15) is 8.42 Å². The van der Waals surface area contributed by atoms with Crippen LogP contribution in [0.4, 0.5) is 5.13 Å². The third kappa shape index (κ3) is 2.72. The van der Waals surface area contributed by atoms with E-state index in [1.165, 1.54) is 12.8 Å². The number of nitrogen functional groups attached to an aromatic ring is 1. The topological polar surface area (TPSA) is 85.1 Å². The summed E-state index contributed by atoms with van der Waals surface area (Å²) < 4.78 is 26.6. The van der Waals surface area contributed by atoms with Crippen LogP contribution in [0.2, 0.25) is 0 Å². The number of rotatable bonds is 5. The highest BCUT2D eigenvalue weighted by Crippen LogP contribution is 2.32. The van der Waals surface area contributed by atoms with Gasteiger partial charge < -0.3 is 5.73 Å². The number of nitrogens with one attached hydrogen (secondary N) is 1. The van der Waals surface area contributed by atoms with Gasteiger partial charge in [0.15, 0.2) is 9.34 Å². The predicted octanol–water partition coefficient (Wildman–Crippen LogP) is 1.11. The zero-order valence-corrected chi connectivity index (χ0v) is 10.7. The maximum absolute atomic E-state index is 11.9. The van der Waals surface area contributed by atoms with E-state index in [-0.39, 0.29) is 4.21 Å². The number of anilines is 1. The van der Waals surface area contributed by atoms with Crippen LogP contribution in [0.5, 0.6) is 0 Å². The van der Waals surface area contributed by atoms with Gasteiger partial charge in [0, 0.05) is 6.54 Å². The quantitative estimate of drug-likeness (QED) is 0.831. The first kappa shape index (κ1) is 11.8. The van der Waals surface area contributed by atoms with Crippen molar-refractivity contribution in [2.45, 2.75) is 30.4 Å². The van der Waals surface area contributed by atoms with Crippen molar-refractivity contribution in [2.24, 2.45) is 5.92 Å². The summed E-state index contributed by atoms with van der Waals surface area (Å²) in [5.74, 6) is 0.718. The lowest BCUT2D eigenvalue weighted by Crippen LogP contribution is -2.24. The van der Waals surface area contributed by atoms with Crippen LogP contribution in [-0.2, 0) is 10.0 Å². The molecule has 1 fully saturated rings. The van der Waals surface area contributed by atoms with E-state index < -0.39 is 10.0 Å². The highest BCUT2D eigenvalue weighted by atomic mass is 32.2. The first-order valence-corrected chi connectivity index (χ1v) is 7.51. The predicted molar refractivity (Wildman–Crippen MR) is 63.8 cm³/mol. The van der Waals surface area contributed by atoms with Crippen molar-refractivity contribution in [2.75, 3.05) is 12.3 Å². The number of hydrogen-bond donors (Lipinski definition) is 2. The van der Waals surface area contributed by atoms with Gasteiger partial charge in [0.1, 0.15) is 0 Å². The minimum absolute atomic E-state index is 0.237. The van der Waals surface area contributed by atoms with Crippen molar-refractivity contribution in [3.05, 3.63) is 5.69 Å². The lowest BCUT2D eigenvalue weighted by Gasteiger charge is -2.04. The standard InChI is InChI=1S/C9H15N3O2S2/c1-6-8(15-9(10)12-6)16(13,14)11-5-4-7-2-3-7/h7,11H,2-5H2,1H3,(H2,10,12). The molecule has 90 valence electrons. The van der Waals surface area contributed by atoms with Crippen molar-refractivity contribution in [1.29, 1.82) is 0 Å². The van der Waals surface area contributed by atoms with Crippen LogP contribution in [0.25, 0.3) is 0 Å². The molecule has 1 aromatic heterocycles. The SMILES string of the molecule is Cc1nc(N)sc1S(=O)(=O)NCCC1CC1. The summed E-state index contributed by atoms with van der Waals surface area (Å²) in [5.41, 5.74) is 5.95. The van der Waals surface area contributed by atoms with Crippen LogP contribution in [-0.4, -0.2) is 19.9 Å². The molecule has 5 nitrogen and oxygen atoms in total. The van der Waals surface area contributed by atoms with Gasteiger partial charge in [-0.15, -0.1) is 0 Å². The van der Waals surface area contributed by atoms with E-state index in [1.807, 2.05) is 0 Å². The average Bonchev–Trinajstić information content (AvgIpc) is 2.91. The van der Waals surface area contributed by atoms with Gasteiger partial charge in [-0.25, -0.2) is 18.1 Å². The van der Waals surface area contributed by atoms with Gasteiger partial charge >= 0.3 is 0 Å². The molecule has 0 atom stereocenters. The molecule has 1 aromatic rings. The van der Waals surface area contributed by atoms with Crippen molar-refractivity contribution in [3.8, 4) is 0 Å². The molecular weight excluding hydrogens is 246 g/mol. The fourth-order valence-electron chi connectivity index (χ4n) is 1.52. The Morgan fingerprint density at radius 1 is 1.56 bits per heavy atom. The summed E-state index contributed by atoms with van der Waals surface area (Å²) in [4.78, 5) is 3.91.